The Morgan fingerprint density at radius 2 is 2.17 bits per heavy atom. The van der Waals surface area contributed by atoms with Crippen LogP contribution in [0.2, 0.25) is 0 Å². The minimum atomic E-state index is 0.113. The zero-order valence-corrected chi connectivity index (χ0v) is 17.3. The lowest BCUT2D eigenvalue weighted by Gasteiger charge is -2.39. The molecular formula is C24H27N5O. The molecule has 1 aromatic carbocycles. The van der Waals surface area contributed by atoms with Crippen LogP contribution in [-0.2, 0) is 11.2 Å². The van der Waals surface area contributed by atoms with Gasteiger partial charge in [0.25, 0.3) is 0 Å². The first-order valence-electron chi connectivity index (χ1n) is 10.6. The summed E-state index contributed by atoms with van der Waals surface area (Å²) < 4.78 is 0. The number of amides is 1. The standard InChI is InChI=1S/C24H27N5O/c1-2-17-16-29(23-9-5-6-19(14-25)27-23)13-12-21(17)28-24(30)11-10-18-15-26-22-8-4-3-7-20(18)22/h3-9,15,17,21,26H,2,10-13,16H2,1H3,(H,28,30)/t17-,21+/m1/s1. The van der Waals surface area contributed by atoms with Gasteiger partial charge in [0.05, 0.1) is 0 Å². The highest BCUT2D eigenvalue weighted by Crippen LogP contribution is 2.25. The molecule has 2 atom stereocenters. The molecule has 2 N–H and O–H groups in total. The molecule has 1 aliphatic rings. The molecular weight excluding hydrogens is 374 g/mol. The molecule has 0 unspecified atom stereocenters. The van der Waals surface area contributed by atoms with Crippen molar-refractivity contribution < 1.29 is 4.79 Å². The van der Waals surface area contributed by atoms with Gasteiger partial charge in [-0.3, -0.25) is 4.79 Å². The van der Waals surface area contributed by atoms with E-state index >= 15 is 0 Å². The van der Waals surface area contributed by atoms with Crippen LogP contribution in [0.1, 0.15) is 37.4 Å². The summed E-state index contributed by atoms with van der Waals surface area (Å²) in [5.41, 5.74) is 2.74. The van der Waals surface area contributed by atoms with Crippen molar-refractivity contribution in [3.8, 4) is 6.07 Å². The lowest BCUT2D eigenvalue weighted by molar-refractivity contribution is -0.122. The van der Waals surface area contributed by atoms with E-state index in [2.05, 4.69) is 45.3 Å². The molecule has 1 fully saturated rings. The molecule has 1 amide bonds. The number of hydrogen-bond acceptors (Lipinski definition) is 4. The van der Waals surface area contributed by atoms with Crippen LogP contribution in [0, 0.1) is 17.2 Å². The molecule has 6 heteroatoms. The topological polar surface area (TPSA) is 84.8 Å². The number of aromatic nitrogens is 2. The number of nitrogens with zero attached hydrogens (tertiary/aromatic N) is 3. The molecule has 0 aliphatic carbocycles. The van der Waals surface area contributed by atoms with E-state index in [1.54, 1.807) is 6.07 Å². The van der Waals surface area contributed by atoms with E-state index in [9.17, 15) is 4.79 Å². The van der Waals surface area contributed by atoms with Gasteiger partial charge in [0.2, 0.25) is 5.91 Å². The quantitative estimate of drug-likeness (QED) is 0.658. The number of benzene rings is 1. The van der Waals surface area contributed by atoms with Crippen LogP contribution in [0.4, 0.5) is 5.82 Å². The van der Waals surface area contributed by atoms with Crippen molar-refractivity contribution in [3.63, 3.8) is 0 Å². The molecule has 1 aliphatic heterocycles. The van der Waals surface area contributed by atoms with Gasteiger partial charge in [-0.25, -0.2) is 4.98 Å². The Kier molecular flexibility index (Phi) is 5.99. The van der Waals surface area contributed by atoms with Gasteiger partial charge in [-0.05, 0) is 48.9 Å². The highest BCUT2D eigenvalue weighted by atomic mass is 16.1. The van der Waals surface area contributed by atoms with Crippen LogP contribution >= 0.6 is 0 Å². The van der Waals surface area contributed by atoms with Gasteiger partial charge in [-0.1, -0.05) is 31.2 Å². The molecule has 0 saturated carbocycles. The zero-order chi connectivity index (χ0) is 20.9. The van der Waals surface area contributed by atoms with Crippen molar-refractivity contribution in [1.82, 2.24) is 15.3 Å². The van der Waals surface area contributed by atoms with E-state index in [1.165, 1.54) is 10.9 Å². The summed E-state index contributed by atoms with van der Waals surface area (Å²) in [6.07, 6.45) is 5.10. The number of pyridine rings is 1. The summed E-state index contributed by atoms with van der Waals surface area (Å²) in [5, 5.41) is 13.6. The van der Waals surface area contributed by atoms with Gasteiger partial charge < -0.3 is 15.2 Å². The van der Waals surface area contributed by atoms with Crippen molar-refractivity contribution in [2.45, 2.75) is 38.6 Å². The highest BCUT2D eigenvalue weighted by molar-refractivity contribution is 5.84. The van der Waals surface area contributed by atoms with Crippen molar-refractivity contribution in [3.05, 3.63) is 59.9 Å². The second-order valence-electron chi connectivity index (χ2n) is 7.93. The van der Waals surface area contributed by atoms with Crippen molar-refractivity contribution in [2.24, 2.45) is 5.92 Å². The molecule has 0 bridgehead atoms. The number of fused-ring (bicyclic) bond motifs is 1. The Morgan fingerprint density at radius 1 is 1.30 bits per heavy atom. The van der Waals surface area contributed by atoms with Crippen molar-refractivity contribution in [1.29, 1.82) is 5.26 Å². The molecule has 0 spiro atoms. The summed E-state index contributed by atoms with van der Waals surface area (Å²) in [7, 11) is 0. The Labute approximate surface area is 176 Å². The number of hydrogen-bond donors (Lipinski definition) is 2. The van der Waals surface area contributed by atoms with Gasteiger partial charge >= 0.3 is 0 Å². The van der Waals surface area contributed by atoms with Crippen molar-refractivity contribution in [2.75, 3.05) is 18.0 Å². The first kappa shape index (κ1) is 20.0. The Morgan fingerprint density at radius 3 is 3.00 bits per heavy atom. The summed E-state index contributed by atoms with van der Waals surface area (Å²) in [4.78, 5) is 22.6. The third-order valence-electron chi connectivity index (χ3n) is 6.07. The summed E-state index contributed by atoms with van der Waals surface area (Å²) >= 11 is 0. The SMILES string of the molecule is CC[C@@H]1CN(c2cccc(C#N)n2)CC[C@@H]1NC(=O)CCc1c[nH]c2ccccc12. The minimum Gasteiger partial charge on any atom is -0.361 e. The molecule has 0 radical (unpaired) electrons. The number of aryl methyl sites for hydroxylation is 1. The van der Waals surface area contributed by atoms with E-state index in [-0.39, 0.29) is 11.9 Å². The second-order valence-corrected chi connectivity index (χ2v) is 7.93. The number of piperidine rings is 1. The molecule has 3 heterocycles. The summed E-state index contributed by atoms with van der Waals surface area (Å²) in [5.74, 6) is 1.32. The number of carbonyl (C=O) groups excluding carboxylic acids is 1. The minimum absolute atomic E-state index is 0.113. The smallest absolute Gasteiger partial charge is 0.220 e. The van der Waals surface area contributed by atoms with Crippen LogP contribution < -0.4 is 10.2 Å². The monoisotopic (exact) mass is 401 g/mol. The maximum Gasteiger partial charge on any atom is 0.220 e. The molecule has 6 nitrogen and oxygen atoms in total. The fourth-order valence-corrected chi connectivity index (χ4v) is 4.37. The highest BCUT2D eigenvalue weighted by Gasteiger charge is 2.29. The first-order valence-corrected chi connectivity index (χ1v) is 10.6. The Bertz CT molecular complexity index is 1070. The number of carbonyl (C=O) groups is 1. The van der Waals surface area contributed by atoms with Gasteiger partial charge in [0, 0.05) is 42.7 Å². The van der Waals surface area contributed by atoms with Crippen molar-refractivity contribution >= 4 is 22.6 Å². The largest absolute Gasteiger partial charge is 0.361 e. The van der Waals surface area contributed by atoms with Gasteiger partial charge in [-0.2, -0.15) is 5.26 Å². The third kappa shape index (κ3) is 4.30. The van der Waals surface area contributed by atoms with Crippen LogP contribution in [0.15, 0.2) is 48.7 Å². The molecule has 2 aromatic heterocycles. The molecule has 4 rings (SSSR count). The predicted molar refractivity (Wildman–Crippen MR) is 118 cm³/mol. The van der Waals surface area contributed by atoms with Gasteiger partial charge in [0.15, 0.2) is 0 Å². The number of nitriles is 1. The number of nitrogens with one attached hydrogen (secondary N) is 2. The fourth-order valence-electron chi connectivity index (χ4n) is 4.37. The van der Waals surface area contributed by atoms with E-state index in [0.29, 0.717) is 18.0 Å². The predicted octanol–water partition coefficient (Wildman–Crippen LogP) is 3.79. The maximum atomic E-state index is 12.7. The van der Waals surface area contributed by atoms with Crippen LogP contribution in [0.5, 0.6) is 0 Å². The zero-order valence-electron chi connectivity index (χ0n) is 17.3. The number of rotatable bonds is 6. The molecule has 30 heavy (non-hydrogen) atoms. The molecule has 154 valence electrons. The van der Waals surface area contributed by atoms with Crippen LogP contribution in [0.25, 0.3) is 10.9 Å². The average Bonchev–Trinajstić information content (AvgIpc) is 3.21. The van der Waals surface area contributed by atoms with E-state index in [4.69, 9.17) is 5.26 Å². The van der Waals surface area contributed by atoms with Crippen LogP contribution in [-0.4, -0.2) is 35.0 Å². The Hall–Kier alpha value is -3.33. The third-order valence-corrected chi connectivity index (χ3v) is 6.07. The average molecular weight is 402 g/mol. The van der Waals surface area contributed by atoms with Gasteiger partial charge in [-0.15, -0.1) is 0 Å². The van der Waals surface area contributed by atoms with Gasteiger partial charge in [0.1, 0.15) is 17.6 Å². The number of H-pyrrole nitrogens is 1. The molecule has 3 aromatic rings. The maximum absolute atomic E-state index is 12.7. The summed E-state index contributed by atoms with van der Waals surface area (Å²) in [6.45, 7) is 3.83. The van der Waals surface area contributed by atoms with E-state index in [0.717, 1.165) is 43.7 Å². The Balaban J connectivity index is 1.34. The van der Waals surface area contributed by atoms with E-state index in [1.807, 2.05) is 30.5 Å². The lowest BCUT2D eigenvalue weighted by Crippen LogP contribution is -2.51. The number of anilines is 1. The second kappa shape index (κ2) is 9.00. The van der Waals surface area contributed by atoms with E-state index < -0.39 is 0 Å². The number of para-hydroxylation sites is 1. The number of aromatic amines is 1. The van der Waals surface area contributed by atoms with Crippen LogP contribution in [0.3, 0.4) is 0 Å². The summed E-state index contributed by atoms with van der Waals surface area (Å²) in [6, 6.07) is 16.0. The molecule has 1 saturated heterocycles. The first-order chi connectivity index (χ1) is 14.7. The normalized spacial score (nSPS) is 18.9. The fraction of sp³-hybridized carbons (Fsp3) is 0.375. The lowest BCUT2D eigenvalue weighted by atomic mass is 9.89.